The zero-order chi connectivity index (χ0) is 17.3. The fourth-order valence-corrected chi connectivity index (χ4v) is 3.02. The molecule has 1 aliphatic rings. The van der Waals surface area contributed by atoms with Crippen molar-refractivity contribution in [1.29, 1.82) is 0 Å². The number of nitrogens with one attached hydrogen (secondary N) is 1. The quantitative estimate of drug-likeness (QED) is 0.875. The number of carbonyl (C=O) groups excluding carboxylic acids is 2. The van der Waals surface area contributed by atoms with Crippen molar-refractivity contribution in [2.24, 2.45) is 5.73 Å². The normalized spacial score (nSPS) is 13.3. The minimum Gasteiger partial charge on any atom is -0.366 e. The number of benzene rings is 2. The molecule has 0 atom stereocenters. The van der Waals surface area contributed by atoms with E-state index in [0.29, 0.717) is 24.5 Å². The monoisotopic (exact) mass is 347 g/mol. The lowest BCUT2D eigenvalue weighted by molar-refractivity contribution is 0.0996. The molecule has 3 amide bonds. The van der Waals surface area contributed by atoms with Crippen molar-refractivity contribution >= 4 is 29.2 Å². The number of amides is 3. The van der Waals surface area contributed by atoms with E-state index in [0.717, 1.165) is 17.2 Å². The summed E-state index contributed by atoms with van der Waals surface area (Å²) in [5, 5.41) is 3.33. The van der Waals surface area contributed by atoms with Gasteiger partial charge in [0.15, 0.2) is 0 Å². The van der Waals surface area contributed by atoms with E-state index in [1.807, 2.05) is 18.2 Å². The summed E-state index contributed by atoms with van der Waals surface area (Å²) in [5.74, 6) is -1.62. The van der Waals surface area contributed by atoms with Gasteiger partial charge < -0.3 is 16.0 Å². The zero-order valence-electron chi connectivity index (χ0n) is 12.7. The van der Waals surface area contributed by atoms with Crippen molar-refractivity contribution in [3.8, 4) is 0 Å². The Hall–Kier alpha value is -2.60. The standard InChI is InChI=1S/C17H15ClFN3O2/c18-14-3-1-2-10-9-22(7-6-12(10)14)17(24)21-11-4-5-13(16(20)23)15(19)8-11/h1-5,8H,6-7,9H2,(H2,20,23)(H,21,24). The topological polar surface area (TPSA) is 75.4 Å². The van der Waals surface area contributed by atoms with Gasteiger partial charge in [0, 0.05) is 23.8 Å². The molecule has 1 heterocycles. The second-order valence-corrected chi connectivity index (χ2v) is 5.95. The van der Waals surface area contributed by atoms with Crippen LogP contribution < -0.4 is 11.1 Å². The Balaban J connectivity index is 1.72. The number of hydrogen-bond acceptors (Lipinski definition) is 2. The summed E-state index contributed by atoms with van der Waals surface area (Å²) in [7, 11) is 0. The minimum atomic E-state index is -0.852. The first-order valence-electron chi connectivity index (χ1n) is 7.37. The van der Waals surface area contributed by atoms with Gasteiger partial charge in [0.1, 0.15) is 5.82 Å². The predicted molar refractivity (Wildman–Crippen MR) is 89.5 cm³/mol. The molecule has 0 bridgehead atoms. The number of fused-ring (bicyclic) bond motifs is 1. The van der Waals surface area contributed by atoms with Crippen LogP contribution in [0.25, 0.3) is 0 Å². The molecule has 2 aromatic carbocycles. The highest BCUT2D eigenvalue weighted by atomic mass is 35.5. The molecule has 124 valence electrons. The second kappa shape index (κ2) is 6.49. The number of carbonyl (C=O) groups is 2. The molecule has 2 aromatic rings. The summed E-state index contributed by atoms with van der Waals surface area (Å²) >= 11 is 6.16. The summed E-state index contributed by atoms with van der Waals surface area (Å²) in [4.78, 5) is 25.0. The lowest BCUT2D eigenvalue weighted by Gasteiger charge is -2.29. The number of urea groups is 1. The lowest BCUT2D eigenvalue weighted by Crippen LogP contribution is -2.39. The van der Waals surface area contributed by atoms with Gasteiger partial charge >= 0.3 is 6.03 Å². The Kier molecular flexibility index (Phi) is 4.40. The molecule has 5 nitrogen and oxygen atoms in total. The molecule has 0 saturated heterocycles. The third-order valence-electron chi connectivity index (χ3n) is 3.98. The van der Waals surface area contributed by atoms with Gasteiger partial charge in [-0.2, -0.15) is 0 Å². The van der Waals surface area contributed by atoms with E-state index in [4.69, 9.17) is 17.3 Å². The van der Waals surface area contributed by atoms with Gasteiger partial charge in [-0.1, -0.05) is 23.7 Å². The Morgan fingerprint density at radius 3 is 2.75 bits per heavy atom. The molecule has 0 radical (unpaired) electrons. The average Bonchev–Trinajstić information content (AvgIpc) is 2.54. The van der Waals surface area contributed by atoms with Crippen LogP contribution in [0.5, 0.6) is 0 Å². The molecular formula is C17H15ClFN3O2. The molecule has 3 rings (SSSR count). The van der Waals surface area contributed by atoms with E-state index < -0.39 is 11.7 Å². The predicted octanol–water partition coefficient (Wildman–Crippen LogP) is 3.17. The number of halogens is 2. The molecule has 3 N–H and O–H groups in total. The first-order valence-corrected chi connectivity index (χ1v) is 7.75. The minimum absolute atomic E-state index is 0.213. The summed E-state index contributed by atoms with van der Waals surface area (Å²) in [6, 6.07) is 9.04. The van der Waals surface area contributed by atoms with Gasteiger partial charge in [0.25, 0.3) is 5.91 Å². The maximum atomic E-state index is 13.8. The van der Waals surface area contributed by atoms with Crippen LogP contribution in [0.2, 0.25) is 5.02 Å². The number of anilines is 1. The molecule has 0 spiro atoms. The van der Waals surface area contributed by atoms with Gasteiger partial charge in [-0.05, 0) is 41.8 Å². The van der Waals surface area contributed by atoms with Crippen molar-refractivity contribution in [3.63, 3.8) is 0 Å². The highest BCUT2D eigenvalue weighted by Crippen LogP contribution is 2.26. The highest BCUT2D eigenvalue weighted by Gasteiger charge is 2.22. The van der Waals surface area contributed by atoms with Crippen LogP contribution in [0.15, 0.2) is 36.4 Å². The smallest absolute Gasteiger partial charge is 0.322 e. The molecule has 0 unspecified atom stereocenters. The number of hydrogen-bond donors (Lipinski definition) is 2. The van der Waals surface area contributed by atoms with Gasteiger partial charge in [-0.25, -0.2) is 9.18 Å². The van der Waals surface area contributed by atoms with Crippen LogP contribution in [0.1, 0.15) is 21.5 Å². The van der Waals surface area contributed by atoms with E-state index in [9.17, 15) is 14.0 Å². The average molecular weight is 348 g/mol. The van der Waals surface area contributed by atoms with Gasteiger partial charge in [0.2, 0.25) is 0 Å². The third kappa shape index (κ3) is 3.19. The summed E-state index contributed by atoms with van der Waals surface area (Å²) in [5.41, 5.74) is 7.16. The van der Waals surface area contributed by atoms with E-state index >= 15 is 0 Å². The maximum absolute atomic E-state index is 13.8. The van der Waals surface area contributed by atoms with Crippen LogP contribution >= 0.6 is 11.6 Å². The van der Waals surface area contributed by atoms with E-state index in [1.54, 1.807) is 4.90 Å². The molecule has 7 heteroatoms. The largest absolute Gasteiger partial charge is 0.366 e. The van der Waals surface area contributed by atoms with Crippen molar-refractivity contribution in [3.05, 3.63) is 63.9 Å². The Morgan fingerprint density at radius 2 is 2.04 bits per heavy atom. The fraction of sp³-hybridized carbons (Fsp3) is 0.176. The number of nitrogens with two attached hydrogens (primary N) is 1. The van der Waals surface area contributed by atoms with Crippen molar-refractivity contribution in [2.75, 3.05) is 11.9 Å². The van der Waals surface area contributed by atoms with Gasteiger partial charge in [-0.3, -0.25) is 4.79 Å². The van der Waals surface area contributed by atoms with E-state index in [-0.39, 0.29) is 17.3 Å². The fourth-order valence-electron chi connectivity index (χ4n) is 2.73. The van der Waals surface area contributed by atoms with Gasteiger partial charge in [-0.15, -0.1) is 0 Å². The first kappa shape index (κ1) is 16.3. The molecule has 1 aliphatic heterocycles. The van der Waals surface area contributed by atoms with Crippen LogP contribution in [0.3, 0.4) is 0 Å². The molecule has 0 aromatic heterocycles. The SMILES string of the molecule is NC(=O)c1ccc(NC(=O)N2CCc3c(Cl)cccc3C2)cc1F. The Bertz CT molecular complexity index is 825. The third-order valence-corrected chi connectivity index (χ3v) is 4.34. The molecule has 0 aliphatic carbocycles. The van der Waals surface area contributed by atoms with Gasteiger partial charge in [0.05, 0.1) is 5.56 Å². The van der Waals surface area contributed by atoms with Crippen LogP contribution in [-0.2, 0) is 13.0 Å². The molecule has 0 fully saturated rings. The van der Waals surface area contributed by atoms with Crippen LogP contribution in [-0.4, -0.2) is 23.4 Å². The Labute approximate surface area is 143 Å². The van der Waals surface area contributed by atoms with E-state index in [2.05, 4.69) is 5.32 Å². The first-order chi connectivity index (χ1) is 11.5. The lowest BCUT2D eigenvalue weighted by atomic mass is 10.00. The van der Waals surface area contributed by atoms with E-state index in [1.165, 1.54) is 12.1 Å². The molecular weight excluding hydrogens is 333 g/mol. The maximum Gasteiger partial charge on any atom is 0.322 e. The number of rotatable bonds is 2. The van der Waals surface area contributed by atoms with Crippen molar-refractivity contribution < 1.29 is 14.0 Å². The molecule has 24 heavy (non-hydrogen) atoms. The summed E-state index contributed by atoms with van der Waals surface area (Å²) < 4.78 is 13.8. The summed E-state index contributed by atoms with van der Waals surface area (Å²) in [6.07, 6.45) is 0.664. The zero-order valence-corrected chi connectivity index (χ0v) is 13.4. The highest BCUT2D eigenvalue weighted by molar-refractivity contribution is 6.31. The number of nitrogens with zero attached hydrogens (tertiary/aromatic N) is 1. The van der Waals surface area contributed by atoms with Crippen LogP contribution in [0, 0.1) is 5.82 Å². The number of primary amides is 1. The van der Waals surface area contributed by atoms with Crippen LogP contribution in [0.4, 0.5) is 14.9 Å². The van der Waals surface area contributed by atoms with Crippen molar-refractivity contribution in [1.82, 2.24) is 4.90 Å². The summed E-state index contributed by atoms with van der Waals surface area (Å²) in [6.45, 7) is 0.952. The Morgan fingerprint density at radius 1 is 1.25 bits per heavy atom. The molecule has 0 saturated carbocycles. The van der Waals surface area contributed by atoms with Crippen molar-refractivity contribution in [2.45, 2.75) is 13.0 Å². The second-order valence-electron chi connectivity index (χ2n) is 5.54.